The molecule has 26 heavy (non-hydrogen) atoms. The molecule has 138 valence electrons. The standard InChI is InChI=1S/C19H24N4O3/c1-14(2)26-13-5-10-20-17(24)8-12-23-18-15(6-3-9-21-18)22-11-4-7-16(22)19(23)25/h3-4,6-7,9,11,14H,5,8,10,12-13H2,1-2H3,(H,20,24). The average molecular weight is 356 g/mol. The molecule has 7 nitrogen and oxygen atoms in total. The van der Waals surface area contributed by atoms with Crippen molar-refractivity contribution in [3.8, 4) is 0 Å². The van der Waals surface area contributed by atoms with Gasteiger partial charge in [-0.25, -0.2) is 4.98 Å². The van der Waals surface area contributed by atoms with Crippen molar-refractivity contribution < 1.29 is 9.53 Å². The number of aromatic nitrogens is 3. The molecular weight excluding hydrogens is 332 g/mol. The molecule has 1 N–H and O–H groups in total. The normalized spacial score (nSPS) is 11.5. The summed E-state index contributed by atoms with van der Waals surface area (Å²) < 4.78 is 8.85. The Hall–Kier alpha value is -2.67. The third-order valence-electron chi connectivity index (χ3n) is 4.15. The lowest BCUT2D eigenvalue weighted by Crippen LogP contribution is -2.29. The lowest BCUT2D eigenvalue weighted by atomic mass is 10.3. The Morgan fingerprint density at radius 3 is 2.88 bits per heavy atom. The highest BCUT2D eigenvalue weighted by molar-refractivity contribution is 5.77. The lowest BCUT2D eigenvalue weighted by Gasteiger charge is -2.12. The van der Waals surface area contributed by atoms with E-state index in [2.05, 4.69) is 10.3 Å². The summed E-state index contributed by atoms with van der Waals surface area (Å²) in [6.45, 7) is 5.45. The number of ether oxygens (including phenoxy) is 1. The first-order chi connectivity index (χ1) is 12.6. The van der Waals surface area contributed by atoms with Crippen molar-refractivity contribution in [1.82, 2.24) is 19.3 Å². The molecule has 0 aliphatic heterocycles. The number of carbonyl (C=O) groups excluding carboxylic acids is 1. The van der Waals surface area contributed by atoms with Crippen molar-refractivity contribution in [2.75, 3.05) is 13.2 Å². The van der Waals surface area contributed by atoms with Gasteiger partial charge in [0.25, 0.3) is 5.56 Å². The molecule has 1 amide bonds. The molecule has 0 bridgehead atoms. The predicted octanol–water partition coefficient (Wildman–Crippen LogP) is 1.97. The smallest absolute Gasteiger partial charge is 0.276 e. The highest BCUT2D eigenvalue weighted by Gasteiger charge is 2.12. The number of hydrogen-bond donors (Lipinski definition) is 1. The van der Waals surface area contributed by atoms with Gasteiger partial charge in [0.2, 0.25) is 5.91 Å². The van der Waals surface area contributed by atoms with Gasteiger partial charge in [0.1, 0.15) is 5.52 Å². The van der Waals surface area contributed by atoms with Crippen LogP contribution in [0.1, 0.15) is 26.7 Å². The van der Waals surface area contributed by atoms with Gasteiger partial charge in [-0.15, -0.1) is 0 Å². The summed E-state index contributed by atoms with van der Waals surface area (Å²) in [5, 5.41) is 2.87. The maximum Gasteiger partial charge on any atom is 0.276 e. The van der Waals surface area contributed by atoms with E-state index < -0.39 is 0 Å². The van der Waals surface area contributed by atoms with Crippen LogP contribution in [0, 0.1) is 0 Å². The lowest BCUT2D eigenvalue weighted by molar-refractivity contribution is -0.121. The molecule has 0 fully saturated rings. The van der Waals surface area contributed by atoms with Gasteiger partial charge in [-0.3, -0.25) is 14.2 Å². The third-order valence-corrected chi connectivity index (χ3v) is 4.15. The second-order valence-corrected chi connectivity index (χ2v) is 6.44. The minimum Gasteiger partial charge on any atom is -0.379 e. The summed E-state index contributed by atoms with van der Waals surface area (Å²) in [6, 6.07) is 7.36. The summed E-state index contributed by atoms with van der Waals surface area (Å²) in [7, 11) is 0. The number of amides is 1. The zero-order valence-corrected chi connectivity index (χ0v) is 15.1. The van der Waals surface area contributed by atoms with Gasteiger partial charge < -0.3 is 14.5 Å². The largest absolute Gasteiger partial charge is 0.379 e. The third kappa shape index (κ3) is 3.94. The van der Waals surface area contributed by atoms with E-state index in [0.29, 0.717) is 30.9 Å². The van der Waals surface area contributed by atoms with Gasteiger partial charge in [-0.05, 0) is 44.5 Å². The summed E-state index contributed by atoms with van der Waals surface area (Å²) in [5.41, 5.74) is 1.87. The monoisotopic (exact) mass is 356 g/mol. The van der Waals surface area contributed by atoms with Crippen LogP contribution in [0.15, 0.2) is 41.5 Å². The summed E-state index contributed by atoms with van der Waals surface area (Å²) in [5.74, 6) is -0.0826. The molecule has 0 saturated heterocycles. The van der Waals surface area contributed by atoms with Crippen LogP contribution in [0.2, 0.25) is 0 Å². The van der Waals surface area contributed by atoms with Crippen LogP contribution >= 0.6 is 0 Å². The van der Waals surface area contributed by atoms with Crippen molar-refractivity contribution in [3.63, 3.8) is 0 Å². The molecule has 0 unspecified atom stereocenters. The highest BCUT2D eigenvalue weighted by Crippen LogP contribution is 2.13. The summed E-state index contributed by atoms with van der Waals surface area (Å²) >= 11 is 0. The topological polar surface area (TPSA) is 77.6 Å². The molecule has 3 heterocycles. The van der Waals surface area contributed by atoms with Gasteiger partial charge in [-0.1, -0.05) is 0 Å². The molecule has 7 heteroatoms. The van der Waals surface area contributed by atoms with E-state index in [0.717, 1.165) is 11.9 Å². The molecule has 3 aromatic heterocycles. The van der Waals surface area contributed by atoms with Gasteiger partial charge in [0, 0.05) is 38.5 Å². The van der Waals surface area contributed by atoms with Crippen LogP contribution in [-0.2, 0) is 16.1 Å². The summed E-state index contributed by atoms with van der Waals surface area (Å²) in [4.78, 5) is 29.2. The minimum atomic E-state index is -0.140. The van der Waals surface area contributed by atoms with E-state index >= 15 is 0 Å². The highest BCUT2D eigenvalue weighted by atomic mass is 16.5. The minimum absolute atomic E-state index is 0.0826. The SMILES string of the molecule is CC(C)OCCCNC(=O)CCn1c(=O)c2cccn2c2cccnc21. The molecule has 3 rings (SSSR count). The van der Waals surface area contributed by atoms with Gasteiger partial charge in [0.15, 0.2) is 5.65 Å². The maximum atomic E-state index is 12.7. The first kappa shape index (κ1) is 18.1. The number of pyridine rings is 1. The molecule has 0 aromatic carbocycles. The van der Waals surface area contributed by atoms with Gasteiger partial charge >= 0.3 is 0 Å². The van der Waals surface area contributed by atoms with Crippen LogP contribution in [0.4, 0.5) is 0 Å². The molecule has 0 radical (unpaired) electrons. The zero-order chi connectivity index (χ0) is 18.5. The molecule has 3 aromatic rings. The molecule has 0 aliphatic carbocycles. The first-order valence-electron chi connectivity index (χ1n) is 8.91. The second kappa shape index (κ2) is 8.14. The molecular formula is C19H24N4O3. The van der Waals surface area contributed by atoms with Crippen LogP contribution < -0.4 is 10.9 Å². The van der Waals surface area contributed by atoms with E-state index in [4.69, 9.17) is 4.74 Å². The second-order valence-electron chi connectivity index (χ2n) is 6.44. The number of nitrogens with zero attached hydrogens (tertiary/aromatic N) is 3. The maximum absolute atomic E-state index is 12.7. The Morgan fingerprint density at radius 1 is 1.27 bits per heavy atom. The number of aryl methyl sites for hydroxylation is 1. The predicted molar refractivity (Wildman–Crippen MR) is 100 cm³/mol. The van der Waals surface area contributed by atoms with Crippen molar-refractivity contribution in [2.45, 2.75) is 39.3 Å². The van der Waals surface area contributed by atoms with E-state index in [-0.39, 0.29) is 24.0 Å². The van der Waals surface area contributed by atoms with Crippen LogP contribution in [0.5, 0.6) is 0 Å². The number of carbonyl (C=O) groups is 1. The van der Waals surface area contributed by atoms with Crippen LogP contribution in [0.3, 0.4) is 0 Å². The molecule has 0 aliphatic rings. The molecule has 0 atom stereocenters. The van der Waals surface area contributed by atoms with Crippen LogP contribution in [-0.4, -0.2) is 39.1 Å². The van der Waals surface area contributed by atoms with E-state index in [1.807, 2.05) is 42.6 Å². The first-order valence-corrected chi connectivity index (χ1v) is 8.91. The number of nitrogens with one attached hydrogen (secondary N) is 1. The number of hydrogen-bond acceptors (Lipinski definition) is 4. The Labute approximate surface area is 151 Å². The van der Waals surface area contributed by atoms with Gasteiger partial charge in [-0.2, -0.15) is 0 Å². The fraction of sp³-hybridized carbons (Fsp3) is 0.421. The zero-order valence-electron chi connectivity index (χ0n) is 15.1. The Morgan fingerprint density at radius 2 is 2.08 bits per heavy atom. The van der Waals surface area contributed by atoms with Crippen molar-refractivity contribution in [3.05, 3.63) is 47.0 Å². The molecule has 0 saturated carbocycles. The number of rotatable bonds is 8. The van der Waals surface area contributed by atoms with Crippen molar-refractivity contribution in [2.24, 2.45) is 0 Å². The van der Waals surface area contributed by atoms with Crippen molar-refractivity contribution in [1.29, 1.82) is 0 Å². The molecule has 0 spiro atoms. The van der Waals surface area contributed by atoms with E-state index in [1.165, 1.54) is 0 Å². The van der Waals surface area contributed by atoms with Gasteiger partial charge in [0.05, 0.1) is 11.6 Å². The Kier molecular flexibility index (Phi) is 5.68. The Bertz CT molecular complexity index is 958. The fourth-order valence-electron chi connectivity index (χ4n) is 2.91. The van der Waals surface area contributed by atoms with Crippen LogP contribution in [0.25, 0.3) is 16.7 Å². The van der Waals surface area contributed by atoms with E-state index in [9.17, 15) is 9.59 Å². The average Bonchev–Trinajstić information content (AvgIpc) is 3.11. The fourth-order valence-corrected chi connectivity index (χ4v) is 2.91. The summed E-state index contributed by atoms with van der Waals surface area (Å²) in [6.07, 6.45) is 4.69. The Balaban J connectivity index is 1.68. The number of fused-ring (bicyclic) bond motifs is 3. The van der Waals surface area contributed by atoms with Crippen molar-refractivity contribution >= 4 is 22.6 Å². The van der Waals surface area contributed by atoms with E-state index in [1.54, 1.807) is 16.8 Å². The quantitative estimate of drug-likeness (QED) is 0.626.